The van der Waals surface area contributed by atoms with Gasteiger partial charge in [-0.2, -0.15) is 0 Å². The molecule has 3 heteroatoms. The molecule has 0 spiro atoms. The Labute approximate surface area is 75.5 Å². The standard InChI is InChI=1S/C10H10FNO/c11-7-1-2-8-10(6(7)4-12)5-3-9(5)13-8/h1-2,5,9H,3-4,12H2/t5-,9+/m0/s1. The lowest BCUT2D eigenvalue weighted by molar-refractivity contribution is 0.318. The lowest BCUT2D eigenvalue weighted by Gasteiger charge is -2.08. The van der Waals surface area contributed by atoms with Crippen molar-refractivity contribution in [3.63, 3.8) is 0 Å². The average molecular weight is 179 g/mol. The van der Waals surface area contributed by atoms with Crippen molar-refractivity contribution in [2.75, 3.05) is 0 Å². The van der Waals surface area contributed by atoms with E-state index in [1.807, 2.05) is 0 Å². The highest BCUT2D eigenvalue weighted by atomic mass is 19.1. The Balaban J connectivity index is 2.21. The summed E-state index contributed by atoms with van der Waals surface area (Å²) in [7, 11) is 0. The third-order valence-corrected chi connectivity index (χ3v) is 2.85. The maximum absolute atomic E-state index is 13.3. The van der Waals surface area contributed by atoms with Crippen molar-refractivity contribution in [3.8, 4) is 5.75 Å². The zero-order valence-corrected chi connectivity index (χ0v) is 7.09. The zero-order chi connectivity index (χ0) is 9.00. The molecule has 68 valence electrons. The Bertz CT molecular complexity index is 377. The summed E-state index contributed by atoms with van der Waals surface area (Å²) in [6.07, 6.45) is 1.34. The first-order valence-electron chi connectivity index (χ1n) is 4.49. The monoisotopic (exact) mass is 179 g/mol. The second-order valence-electron chi connectivity index (χ2n) is 3.64. The van der Waals surface area contributed by atoms with Crippen LogP contribution in [-0.4, -0.2) is 6.10 Å². The van der Waals surface area contributed by atoms with E-state index in [9.17, 15) is 4.39 Å². The van der Waals surface area contributed by atoms with Crippen LogP contribution < -0.4 is 10.5 Å². The summed E-state index contributed by atoms with van der Waals surface area (Å²) in [5, 5.41) is 0. The normalized spacial score (nSPS) is 27.8. The van der Waals surface area contributed by atoms with E-state index in [4.69, 9.17) is 10.5 Å². The Hall–Kier alpha value is -1.09. The zero-order valence-electron chi connectivity index (χ0n) is 7.09. The van der Waals surface area contributed by atoms with Crippen LogP contribution in [0.3, 0.4) is 0 Å². The molecule has 0 unspecified atom stereocenters. The molecule has 1 saturated carbocycles. The van der Waals surface area contributed by atoms with Crippen molar-refractivity contribution in [1.82, 2.24) is 0 Å². The predicted octanol–water partition coefficient (Wildman–Crippen LogP) is 1.53. The summed E-state index contributed by atoms with van der Waals surface area (Å²) in [6, 6.07) is 3.14. The van der Waals surface area contributed by atoms with Gasteiger partial charge in [-0.05, 0) is 18.6 Å². The van der Waals surface area contributed by atoms with Crippen LogP contribution in [0.25, 0.3) is 0 Å². The Kier molecular flexibility index (Phi) is 1.26. The molecule has 1 aromatic rings. The number of halogens is 1. The van der Waals surface area contributed by atoms with Gasteiger partial charge in [0.05, 0.1) is 0 Å². The number of hydrogen-bond acceptors (Lipinski definition) is 2. The minimum Gasteiger partial charge on any atom is -0.489 e. The van der Waals surface area contributed by atoms with Crippen LogP contribution in [0.1, 0.15) is 23.5 Å². The SMILES string of the molecule is NCc1c(F)ccc2c1[C@H]1C[C@H]1O2. The van der Waals surface area contributed by atoms with Gasteiger partial charge >= 0.3 is 0 Å². The molecule has 1 aromatic carbocycles. The summed E-state index contributed by atoms with van der Waals surface area (Å²) in [4.78, 5) is 0. The Morgan fingerprint density at radius 3 is 3.15 bits per heavy atom. The van der Waals surface area contributed by atoms with Gasteiger partial charge < -0.3 is 10.5 Å². The van der Waals surface area contributed by atoms with Crippen molar-refractivity contribution in [2.45, 2.75) is 25.0 Å². The first kappa shape index (κ1) is 7.33. The van der Waals surface area contributed by atoms with Gasteiger partial charge in [0.15, 0.2) is 0 Å². The van der Waals surface area contributed by atoms with E-state index in [1.54, 1.807) is 6.07 Å². The summed E-state index contributed by atoms with van der Waals surface area (Å²) < 4.78 is 18.9. The van der Waals surface area contributed by atoms with E-state index in [1.165, 1.54) is 6.07 Å². The molecule has 1 heterocycles. The number of ether oxygens (including phenoxy) is 1. The van der Waals surface area contributed by atoms with Crippen LogP contribution in [0.5, 0.6) is 5.75 Å². The predicted molar refractivity (Wildman–Crippen MR) is 46.1 cm³/mol. The highest BCUT2D eigenvalue weighted by Crippen LogP contribution is 2.54. The summed E-state index contributed by atoms with van der Waals surface area (Å²) in [5.74, 6) is 1.06. The van der Waals surface area contributed by atoms with Crippen molar-refractivity contribution in [2.24, 2.45) is 5.73 Å². The smallest absolute Gasteiger partial charge is 0.128 e. The number of fused-ring (bicyclic) bond motifs is 3. The molecule has 0 amide bonds. The average Bonchev–Trinajstić information content (AvgIpc) is 2.80. The van der Waals surface area contributed by atoms with Crippen molar-refractivity contribution < 1.29 is 9.13 Å². The molecule has 2 nitrogen and oxygen atoms in total. The third kappa shape index (κ3) is 0.851. The summed E-state index contributed by atoms with van der Waals surface area (Å²) >= 11 is 0. The molecule has 2 N–H and O–H groups in total. The van der Waals surface area contributed by atoms with Gasteiger partial charge in [0, 0.05) is 23.6 Å². The largest absolute Gasteiger partial charge is 0.489 e. The fraction of sp³-hybridized carbons (Fsp3) is 0.400. The van der Waals surface area contributed by atoms with Crippen LogP contribution in [0, 0.1) is 5.82 Å². The number of rotatable bonds is 1. The van der Waals surface area contributed by atoms with Crippen LogP contribution in [0.4, 0.5) is 4.39 Å². The maximum Gasteiger partial charge on any atom is 0.128 e. The fourth-order valence-corrected chi connectivity index (χ4v) is 2.10. The molecule has 1 aliphatic carbocycles. The summed E-state index contributed by atoms with van der Waals surface area (Å²) in [6.45, 7) is 0.265. The number of benzene rings is 1. The van der Waals surface area contributed by atoms with Gasteiger partial charge in [-0.1, -0.05) is 0 Å². The molecule has 0 saturated heterocycles. The molecule has 0 radical (unpaired) electrons. The van der Waals surface area contributed by atoms with Crippen molar-refractivity contribution in [3.05, 3.63) is 29.1 Å². The van der Waals surface area contributed by atoms with Gasteiger partial charge in [-0.25, -0.2) is 4.39 Å². The molecular formula is C10H10FNO. The van der Waals surface area contributed by atoms with Gasteiger partial charge in [-0.3, -0.25) is 0 Å². The highest BCUT2D eigenvalue weighted by molar-refractivity contribution is 5.51. The van der Waals surface area contributed by atoms with Crippen LogP contribution >= 0.6 is 0 Å². The molecule has 0 aromatic heterocycles. The highest BCUT2D eigenvalue weighted by Gasteiger charge is 2.49. The number of hydrogen-bond donors (Lipinski definition) is 1. The Morgan fingerprint density at radius 1 is 1.54 bits per heavy atom. The van der Waals surface area contributed by atoms with Crippen molar-refractivity contribution in [1.29, 1.82) is 0 Å². The molecule has 13 heavy (non-hydrogen) atoms. The molecular weight excluding hydrogens is 169 g/mol. The maximum atomic E-state index is 13.3. The van der Waals surface area contributed by atoms with Crippen LogP contribution in [0.15, 0.2) is 12.1 Å². The van der Waals surface area contributed by atoms with Crippen LogP contribution in [0.2, 0.25) is 0 Å². The van der Waals surface area contributed by atoms with Gasteiger partial charge in [0.1, 0.15) is 17.7 Å². The van der Waals surface area contributed by atoms with Crippen molar-refractivity contribution >= 4 is 0 Å². The Morgan fingerprint density at radius 2 is 2.38 bits per heavy atom. The van der Waals surface area contributed by atoms with E-state index in [0.29, 0.717) is 17.6 Å². The number of nitrogens with two attached hydrogens (primary N) is 1. The molecule has 1 aliphatic heterocycles. The van der Waals surface area contributed by atoms with E-state index in [0.717, 1.165) is 17.7 Å². The van der Waals surface area contributed by atoms with E-state index >= 15 is 0 Å². The molecule has 0 bridgehead atoms. The quantitative estimate of drug-likeness (QED) is 0.709. The second-order valence-corrected chi connectivity index (χ2v) is 3.64. The van der Waals surface area contributed by atoms with Crippen LogP contribution in [-0.2, 0) is 6.54 Å². The van der Waals surface area contributed by atoms with E-state index in [-0.39, 0.29) is 12.4 Å². The first-order valence-corrected chi connectivity index (χ1v) is 4.49. The minimum absolute atomic E-state index is 0.197. The van der Waals surface area contributed by atoms with E-state index in [2.05, 4.69) is 0 Å². The molecule has 3 rings (SSSR count). The topological polar surface area (TPSA) is 35.2 Å². The second kappa shape index (κ2) is 2.23. The molecule has 2 aliphatic rings. The third-order valence-electron chi connectivity index (χ3n) is 2.85. The fourth-order valence-electron chi connectivity index (χ4n) is 2.10. The first-order chi connectivity index (χ1) is 6.31. The summed E-state index contributed by atoms with van der Waals surface area (Å²) in [5.41, 5.74) is 7.17. The minimum atomic E-state index is -0.197. The molecule has 1 fully saturated rings. The van der Waals surface area contributed by atoms with Gasteiger partial charge in [0.2, 0.25) is 0 Å². The van der Waals surface area contributed by atoms with E-state index < -0.39 is 0 Å². The lowest BCUT2D eigenvalue weighted by atomic mass is 10.0. The van der Waals surface area contributed by atoms with Gasteiger partial charge in [-0.15, -0.1) is 0 Å². The molecule has 2 atom stereocenters. The lowest BCUT2D eigenvalue weighted by Crippen LogP contribution is -2.03. The van der Waals surface area contributed by atoms with Gasteiger partial charge in [0.25, 0.3) is 0 Å².